The molecule has 100 valence electrons. The summed E-state index contributed by atoms with van der Waals surface area (Å²) in [6.07, 6.45) is 3.68. The second-order valence-electron chi connectivity index (χ2n) is 4.75. The molecule has 0 atom stereocenters. The van der Waals surface area contributed by atoms with Crippen LogP contribution in [0.5, 0.6) is 0 Å². The van der Waals surface area contributed by atoms with E-state index in [-0.39, 0.29) is 0 Å². The van der Waals surface area contributed by atoms with Gasteiger partial charge in [-0.05, 0) is 35.2 Å². The highest BCUT2D eigenvalue weighted by Crippen LogP contribution is 2.22. The topological polar surface area (TPSA) is 28.5 Å². The van der Waals surface area contributed by atoms with Crippen molar-refractivity contribution in [2.24, 2.45) is 4.99 Å². The molecule has 2 heterocycles. The van der Waals surface area contributed by atoms with E-state index in [4.69, 9.17) is 0 Å². The molecule has 0 amide bonds. The van der Waals surface area contributed by atoms with Crippen LogP contribution in [-0.2, 0) is 0 Å². The Labute approximate surface area is 122 Å². The van der Waals surface area contributed by atoms with Crippen molar-refractivity contribution >= 4 is 39.1 Å². The van der Waals surface area contributed by atoms with Gasteiger partial charge in [-0.3, -0.25) is 4.99 Å². The maximum Gasteiger partial charge on any atom is 0.123 e. The number of thiophene rings is 1. The van der Waals surface area contributed by atoms with Crippen molar-refractivity contribution in [2.45, 2.75) is 0 Å². The number of aromatic nitrogens is 1. The molecule has 4 heteroatoms. The highest BCUT2D eigenvalue weighted by atomic mass is 32.1. The van der Waals surface area contributed by atoms with Gasteiger partial charge in [0.15, 0.2) is 0 Å². The molecule has 0 bridgehead atoms. The molecule has 0 saturated carbocycles. The molecule has 0 unspecified atom stereocenters. The maximum atomic E-state index is 4.48. The Kier molecular flexibility index (Phi) is 3.48. The van der Waals surface area contributed by atoms with Crippen LogP contribution in [0.3, 0.4) is 0 Å². The number of rotatable bonds is 3. The van der Waals surface area contributed by atoms with Gasteiger partial charge in [-0.2, -0.15) is 0 Å². The van der Waals surface area contributed by atoms with Gasteiger partial charge in [0.1, 0.15) is 4.83 Å². The lowest BCUT2D eigenvalue weighted by atomic mass is 10.2. The Morgan fingerprint density at radius 1 is 1.15 bits per heavy atom. The summed E-state index contributed by atoms with van der Waals surface area (Å²) in [7, 11) is 4.07. The summed E-state index contributed by atoms with van der Waals surface area (Å²) in [4.78, 5) is 12.0. The molecule has 1 aromatic carbocycles. The minimum Gasteiger partial charge on any atom is -0.378 e. The molecule has 0 spiro atoms. The van der Waals surface area contributed by atoms with E-state index in [0.29, 0.717) is 0 Å². The van der Waals surface area contributed by atoms with Crippen molar-refractivity contribution in [3.05, 3.63) is 53.5 Å². The second kappa shape index (κ2) is 5.43. The molecule has 20 heavy (non-hydrogen) atoms. The maximum absolute atomic E-state index is 4.48. The summed E-state index contributed by atoms with van der Waals surface area (Å²) < 4.78 is 0. The zero-order chi connectivity index (χ0) is 13.9. The van der Waals surface area contributed by atoms with Crippen LogP contribution in [0.2, 0.25) is 0 Å². The van der Waals surface area contributed by atoms with Crippen LogP contribution in [-0.4, -0.2) is 25.3 Å². The first-order valence-electron chi connectivity index (χ1n) is 6.37. The van der Waals surface area contributed by atoms with E-state index in [2.05, 4.69) is 51.3 Å². The van der Waals surface area contributed by atoms with Gasteiger partial charge >= 0.3 is 0 Å². The molecule has 0 fully saturated rings. The average molecular weight is 281 g/mol. The van der Waals surface area contributed by atoms with Gasteiger partial charge in [0.25, 0.3) is 0 Å². The summed E-state index contributed by atoms with van der Waals surface area (Å²) in [6, 6.07) is 12.4. The first-order valence-corrected chi connectivity index (χ1v) is 7.25. The minimum absolute atomic E-state index is 0.882. The number of hydrogen-bond donors (Lipinski definition) is 0. The fourth-order valence-electron chi connectivity index (χ4n) is 1.93. The lowest BCUT2D eigenvalue weighted by Gasteiger charge is -2.11. The lowest BCUT2D eigenvalue weighted by Crippen LogP contribution is -2.08. The van der Waals surface area contributed by atoms with Gasteiger partial charge in [0, 0.05) is 31.4 Å². The Bertz CT molecular complexity index is 742. The van der Waals surface area contributed by atoms with Crippen LogP contribution in [0.15, 0.2) is 53.0 Å². The normalized spacial score (nSPS) is 11.3. The number of hydrogen-bond acceptors (Lipinski definition) is 4. The first kappa shape index (κ1) is 12.8. The van der Waals surface area contributed by atoms with Crippen LogP contribution in [0, 0.1) is 0 Å². The second-order valence-corrected chi connectivity index (χ2v) is 5.65. The summed E-state index contributed by atoms with van der Waals surface area (Å²) in [5.41, 5.74) is 3.15. The van der Waals surface area contributed by atoms with Gasteiger partial charge in [-0.15, -0.1) is 11.3 Å². The van der Waals surface area contributed by atoms with Crippen LogP contribution in [0.25, 0.3) is 10.2 Å². The standard InChI is InChI=1S/C16H15N3S/c1-19(2)15-5-3-12(4-6-15)10-17-14-9-13-7-8-20-16(13)18-11-14/h3-11H,1-2H3. The number of benzene rings is 1. The Morgan fingerprint density at radius 3 is 2.70 bits per heavy atom. The number of aliphatic imine (C=N–C) groups is 1. The van der Waals surface area contributed by atoms with Crippen LogP contribution in [0.4, 0.5) is 11.4 Å². The van der Waals surface area contributed by atoms with E-state index in [1.54, 1.807) is 11.3 Å². The van der Waals surface area contributed by atoms with Crippen molar-refractivity contribution in [2.75, 3.05) is 19.0 Å². The van der Waals surface area contributed by atoms with Crippen molar-refractivity contribution in [3.63, 3.8) is 0 Å². The molecule has 0 aliphatic carbocycles. The summed E-state index contributed by atoms with van der Waals surface area (Å²) >= 11 is 1.65. The number of nitrogens with zero attached hydrogens (tertiary/aromatic N) is 3. The number of pyridine rings is 1. The molecule has 3 nitrogen and oxygen atoms in total. The van der Waals surface area contributed by atoms with E-state index >= 15 is 0 Å². The van der Waals surface area contributed by atoms with E-state index < -0.39 is 0 Å². The zero-order valence-electron chi connectivity index (χ0n) is 11.4. The Morgan fingerprint density at radius 2 is 1.95 bits per heavy atom. The quantitative estimate of drug-likeness (QED) is 0.676. The molecular formula is C16H15N3S. The Hall–Kier alpha value is -2.20. The number of fused-ring (bicyclic) bond motifs is 1. The molecule has 0 saturated heterocycles. The highest BCUT2D eigenvalue weighted by molar-refractivity contribution is 7.16. The van der Waals surface area contributed by atoms with Gasteiger partial charge in [0.2, 0.25) is 0 Å². The highest BCUT2D eigenvalue weighted by Gasteiger charge is 1.98. The van der Waals surface area contributed by atoms with E-state index in [9.17, 15) is 0 Å². The molecule has 0 aliphatic rings. The van der Waals surface area contributed by atoms with Gasteiger partial charge in [0.05, 0.1) is 11.9 Å². The van der Waals surface area contributed by atoms with Gasteiger partial charge < -0.3 is 4.90 Å². The van der Waals surface area contributed by atoms with Crippen LogP contribution in [0.1, 0.15) is 5.56 Å². The Balaban J connectivity index is 1.82. The molecule has 3 rings (SSSR count). The van der Waals surface area contributed by atoms with Gasteiger partial charge in [-0.1, -0.05) is 12.1 Å². The minimum atomic E-state index is 0.882. The smallest absolute Gasteiger partial charge is 0.123 e. The predicted molar refractivity (Wildman–Crippen MR) is 87.6 cm³/mol. The van der Waals surface area contributed by atoms with Crippen molar-refractivity contribution in [1.29, 1.82) is 0 Å². The van der Waals surface area contributed by atoms with Crippen molar-refractivity contribution in [1.82, 2.24) is 4.98 Å². The average Bonchev–Trinajstić information content (AvgIpc) is 2.93. The molecule has 2 aromatic heterocycles. The van der Waals surface area contributed by atoms with Crippen LogP contribution < -0.4 is 4.90 Å². The summed E-state index contributed by atoms with van der Waals surface area (Å²) in [5, 5.41) is 3.19. The summed E-state index contributed by atoms with van der Waals surface area (Å²) in [6.45, 7) is 0. The lowest BCUT2D eigenvalue weighted by molar-refractivity contribution is 1.13. The van der Waals surface area contributed by atoms with Crippen molar-refractivity contribution in [3.8, 4) is 0 Å². The fraction of sp³-hybridized carbons (Fsp3) is 0.125. The van der Waals surface area contributed by atoms with Gasteiger partial charge in [-0.25, -0.2) is 4.98 Å². The van der Waals surface area contributed by atoms with Crippen molar-refractivity contribution < 1.29 is 0 Å². The third-order valence-electron chi connectivity index (χ3n) is 3.06. The molecule has 0 aliphatic heterocycles. The molecular weight excluding hydrogens is 266 g/mol. The van der Waals surface area contributed by atoms with Crippen LogP contribution >= 0.6 is 11.3 Å². The molecule has 0 N–H and O–H groups in total. The monoisotopic (exact) mass is 281 g/mol. The largest absolute Gasteiger partial charge is 0.378 e. The molecule has 3 aromatic rings. The fourth-order valence-corrected chi connectivity index (χ4v) is 2.65. The zero-order valence-corrected chi connectivity index (χ0v) is 12.3. The van der Waals surface area contributed by atoms with E-state index in [0.717, 1.165) is 21.5 Å². The predicted octanol–water partition coefficient (Wildman–Crippen LogP) is 4.11. The first-order chi connectivity index (χ1) is 9.72. The number of anilines is 1. The molecule has 0 radical (unpaired) electrons. The third kappa shape index (κ3) is 2.70. The SMILES string of the molecule is CN(C)c1ccc(C=Nc2cnc3sccc3c2)cc1. The van der Waals surface area contributed by atoms with E-state index in [1.807, 2.05) is 31.9 Å². The third-order valence-corrected chi connectivity index (χ3v) is 3.90. The van der Waals surface area contributed by atoms with E-state index in [1.165, 1.54) is 5.69 Å². The summed E-state index contributed by atoms with van der Waals surface area (Å²) in [5.74, 6) is 0.